The Hall–Kier alpha value is -2.17. The molecular formula is C21H29NO4. The van der Waals surface area contributed by atoms with Crippen molar-refractivity contribution in [2.45, 2.75) is 52.4 Å². The molecule has 1 amide bonds. The van der Waals surface area contributed by atoms with Crippen molar-refractivity contribution in [2.75, 3.05) is 19.7 Å². The molecule has 1 aromatic carbocycles. The minimum atomic E-state index is -0.241. The van der Waals surface area contributed by atoms with Crippen LogP contribution in [0, 0.1) is 5.92 Å². The lowest BCUT2D eigenvalue weighted by Crippen LogP contribution is -2.42. The number of esters is 1. The molecule has 0 saturated carbocycles. The Kier molecular flexibility index (Phi) is 7.82. The molecule has 26 heavy (non-hydrogen) atoms. The molecule has 1 atom stereocenters. The van der Waals surface area contributed by atoms with Gasteiger partial charge in [0.2, 0.25) is 5.91 Å². The summed E-state index contributed by atoms with van der Waals surface area (Å²) in [5, 5.41) is 0. The minimum Gasteiger partial charge on any atom is -0.466 e. The number of rotatable bonds is 8. The number of nitrogens with zero attached hydrogens (tertiary/aromatic N) is 1. The van der Waals surface area contributed by atoms with Crippen LogP contribution < -0.4 is 0 Å². The molecule has 1 heterocycles. The quantitative estimate of drug-likeness (QED) is 0.527. The Morgan fingerprint density at radius 2 is 1.85 bits per heavy atom. The molecule has 1 aromatic rings. The monoisotopic (exact) mass is 359 g/mol. The first-order chi connectivity index (χ1) is 12.5. The van der Waals surface area contributed by atoms with Crippen LogP contribution in [0.5, 0.6) is 0 Å². The summed E-state index contributed by atoms with van der Waals surface area (Å²) in [6.07, 6.45) is 4.01. The SMILES string of the molecule is CCCc1ccc(C(=O)CCC(=O)N2CCCC(C(=O)OCC)C2)cc1. The molecule has 0 aliphatic carbocycles. The molecule has 5 nitrogen and oxygen atoms in total. The van der Waals surface area contributed by atoms with Crippen molar-refractivity contribution in [3.05, 3.63) is 35.4 Å². The van der Waals surface area contributed by atoms with Gasteiger partial charge in [0.1, 0.15) is 0 Å². The van der Waals surface area contributed by atoms with Gasteiger partial charge in [-0.05, 0) is 31.7 Å². The van der Waals surface area contributed by atoms with Crippen LogP contribution in [0.4, 0.5) is 0 Å². The van der Waals surface area contributed by atoms with E-state index in [9.17, 15) is 14.4 Å². The lowest BCUT2D eigenvalue weighted by molar-refractivity contribution is -0.151. The van der Waals surface area contributed by atoms with E-state index in [1.165, 1.54) is 5.56 Å². The van der Waals surface area contributed by atoms with Gasteiger partial charge in [0.05, 0.1) is 12.5 Å². The molecule has 1 unspecified atom stereocenters. The fraction of sp³-hybridized carbons (Fsp3) is 0.571. The van der Waals surface area contributed by atoms with Crippen molar-refractivity contribution >= 4 is 17.7 Å². The van der Waals surface area contributed by atoms with Crippen molar-refractivity contribution in [3.8, 4) is 0 Å². The molecule has 142 valence electrons. The maximum atomic E-state index is 12.4. The normalized spacial score (nSPS) is 17.0. The zero-order valence-corrected chi connectivity index (χ0v) is 15.8. The Balaban J connectivity index is 1.83. The van der Waals surface area contributed by atoms with Crippen molar-refractivity contribution in [3.63, 3.8) is 0 Å². The maximum Gasteiger partial charge on any atom is 0.310 e. The van der Waals surface area contributed by atoms with Crippen LogP contribution in [0.25, 0.3) is 0 Å². The Morgan fingerprint density at radius 3 is 2.50 bits per heavy atom. The molecule has 1 saturated heterocycles. The molecule has 1 aliphatic heterocycles. The molecule has 1 fully saturated rings. The smallest absolute Gasteiger partial charge is 0.310 e. The Labute approximate surface area is 155 Å². The van der Waals surface area contributed by atoms with E-state index in [-0.39, 0.29) is 36.4 Å². The van der Waals surface area contributed by atoms with E-state index in [1.807, 2.05) is 24.3 Å². The van der Waals surface area contributed by atoms with Crippen molar-refractivity contribution in [2.24, 2.45) is 5.92 Å². The number of carbonyl (C=O) groups is 3. The zero-order valence-electron chi connectivity index (χ0n) is 15.8. The van der Waals surface area contributed by atoms with Crippen LogP contribution in [-0.2, 0) is 20.7 Å². The van der Waals surface area contributed by atoms with E-state index in [4.69, 9.17) is 4.74 Å². The summed E-state index contributed by atoms with van der Waals surface area (Å²) < 4.78 is 5.06. The molecule has 2 rings (SSSR count). The average molecular weight is 359 g/mol. The number of carbonyl (C=O) groups excluding carboxylic acids is 3. The highest BCUT2D eigenvalue weighted by atomic mass is 16.5. The number of ketones is 1. The molecular weight excluding hydrogens is 330 g/mol. The van der Waals surface area contributed by atoms with Gasteiger partial charge in [0.15, 0.2) is 5.78 Å². The summed E-state index contributed by atoms with van der Waals surface area (Å²) in [6, 6.07) is 7.64. The Bertz CT molecular complexity index is 623. The van der Waals surface area contributed by atoms with Gasteiger partial charge in [0.25, 0.3) is 0 Å². The predicted molar refractivity (Wildman–Crippen MR) is 99.9 cm³/mol. The highest BCUT2D eigenvalue weighted by Crippen LogP contribution is 2.19. The summed E-state index contributed by atoms with van der Waals surface area (Å²) in [6.45, 7) is 5.31. The molecule has 0 bridgehead atoms. The summed E-state index contributed by atoms with van der Waals surface area (Å²) in [5.74, 6) is -0.544. The number of aryl methyl sites for hydroxylation is 1. The number of amides is 1. The first-order valence-corrected chi connectivity index (χ1v) is 9.61. The lowest BCUT2D eigenvalue weighted by Gasteiger charge is -2.31. The van der Waals surface area contributed by atoms with Crippen LogP contribution >= 0.6 is 0 Å². The number of benzene rings is 1. The second-order valence-corrected chi connectivity index (χ2v) is 6.80. The molecule has 5 heteroatoms. The van der Waals surface area contributed by atoms with E-state index in [2.05, 4.69) is 6.92 Å². The molecule has 0 radical (unpaired) electrons. The van der Waals surface area contributed by atoms with Gasteiger partial charge in [-0.25, -0.2) is 0 Å². The average Bonchev–Trinajstić information content (AvgIpc) is 2.67. The fourth-order valence-corrected chi connectivity index (χ4v) is 3.33. The molecule has 1 aliphatic rings. The van der Waals surface area contributed by atoms with Gasteiger partial charge >= 0.3 is 5.97 Å². The molecule has 0 N–H and O–H groups in total. The van der Waals surface area contributed by atoms with E-state index in [1.54, 1.807) is 11.8 Å². The lowest BCUT2D eigenvalue weighted by atomic mass is 9.97. The molecule has 0 spiro atoms. The third kappa shape index (κ3) is 5.68. The van der Waals surface area contributed by atoms with E-state index >= 15 is 0 Å². The first-order valence-electron chi connectivity index (χ1n) is 9.61. The largest absolute Gasteiger partial charge is 0.466 e. The van der Waals surface area contributed by atoms with Crippen LogP contribution in [0.3, 0.4) is 0 Å². The van der Waals surface area contributed by atoms with Crippen molar-refractivity contribution < 1.29 is 19.1 Å². The highest BCUT2D eigenvalue weighted by Gasteiger charge is 2.29. The summed E-state index contributed by atoms with van der Waals surface area (Å²) >= 11 is 0. The van der Waals surface area contributed by atoms with Crippen LogP contribution in [0.15, 0.2) is 24.3 Å². The summed E-state index contributed by atoms with van der Waals surface area (Å²) in [5.41, 5.74) is 1.87. The second kappa shape index (κ2) is 10.1. The van der Waals surface area contributed by atoms with Crippen LogP contribution in [0.1, 0.15) is 61.9 Å². The first kappa shape index (κ1) is 20.1. The van der Waals surface area contributed by atoms with Gasteiger partial charge in [-0.2, -0.15) is 0 Å². The van der Waals surface area contributed by atoms with Gasteiger partial charge in [-0.1, -0.05) is 37.6 Å². The number of piperidine rings is 1. The number of ether oxygens (including phenoxy) is 1. The van der Waals surface area contributed by atoms with E-state index in [0.717, 1.165) is 25.7 Å². The van der Waals surface area contributed by atoms with Gasteiger partial charge in [-0.15, -0.1) is 0 Å². The third-order valence-electron chi connectivity index (χ3n) is 4.77. The Morgan fingerprint density at radius 1 is 1.12 bits per heavy atom. The maximum absolute atomic E-state index is 12.4. The second-order valence-electron chi connectivity index (χ2n) is 6.80. The summed E-state index contributed by atoms with van der Waals surface area (Å²) in [4.78, 5) is 38.3. The summed E-state index contributed by atoms with van der Waals surface area (Å²) in [7, 11) is 0. The topological polar surface area (TPSA) is 63.7 Å². The van der Waals surface area contributed by atoms with Crippen molar-refractivity contribution in [1.82, 2.24) is 4.90 Å². The third-order valence-corrected chi connectivity index (χ3v) is 4.77. The standard InChI is InChI=1S/C21H29NO4/c1-3-6-16-8-10-17(11-9-16)19(23)12-13-20(24)22-14-5-7-18(15-22)21(25)26-4-2/h8-11,18H,3-7,12-15H2,1-2H3. The highest BCUT2D eigenvalue weighted by molar-refractivity contribution is 5.98. The predicted octanol–water partition coefficient (Wildman–Crippen LogP) is 3.40. The van der Waals surface area contributed by atoms with Crippen LogP contribution in [0.2, 0.25) is 0 Å². The van der Waals surface area contributed by atoms with E-state index in [0.29, 0.717) is 25.3 Å². The van der Waals surface area contributed by atoms with Crippen molar-refractivity contribution in [1.29, 1.82) is 0 Å². The number of hydrogen-bond acceptors (Lipinski definition) is 4. The fourth-order valence-electron chi connectivity index (χ4n) is 3.33. The van der Waals surface area contributed by atoms with Gasteiger partial charge < -0.3 is 9.64 Å². The minimum absolute atomic E-state index is 0.0136. The number of hydrogen-bond donors (Lipinski definition) is 0. The number of Topliss-reactive ketones (excluding diaryl/α,β-unsaturated/α-hetero) is 1. The van der Waals surface area contributed by atoms with E-state index < -0.39 is 0 Å². The number of likely N-dealkylation sites (tertiary alicyclic amines) is 1. The van der Waals surface area contributed by atoms with Crippen LogP contribution in [-0.4, -0.2) is 42.3 Å². The van der Waals surface area contributed by atoms with Gasteiger partial charge in [-0.3, -0.25) is 14.4 Å². The van der Waals surface area contributed by atoms with Gasteiger partial charge in [0, 0.05) is 31.5 Å². The zero-order chi connectivity index (χ0) is 18.9. The molecule has 0 aromatic heterocycles.